The van der Waals surface area contributed by atoms with Crippen LogP contribution in [0.1, 0.15) is 0 Å². The third-order valence-corrected chi connectivity index (χ3v) is 4.40. The second-order valence-corrected chi connectivity index (χ2v) is 8.99. The molecule has 0 saturated heterocycles. The van der Waals surface area contributed by atoms with E-state index >= 15 is 0 Å². The fraction of sp³-hybridized carbons (Fsp3) is 0.714. The van der Waals surface area contributed by atoms with Crippen molar-refractivity contribution in [1.82, 2.24) is 0 Å². The monoisotopic (exact) mass is 196 g/mol. The van der Waals surface area contributed by atoms with Crippen molar-refractivity contribution in [2.75, 3.05) is 11.8 Å². The highest BCUT2D eigenvalue weighted by atomic mass is 35.5. The lowest BCUT2D eigenvalue weighted by Gasteiger charge is -2.18. The van der Waals surface area contributed by atoms with Crippen molar-refractivity contribution in [2.24, 2.45) is 0 Å². The Morgan fingerprint density at radius 3 is 1.90 bits per heavy atom. The van der Waals surface area contributed by atoms with Crippen molar-refractivity contribution in [3.8, 4) is 0 Å². The van der Waals surface area contributed by atoms with Gasteiger partial charge in [-0.15, -0.1) is 23.2 Å². The molecule has 60 valence electrons. The highest BCUT2D eigenvalue weighted by molar-refractivity contribution is 6.83. The van der Waals surface area contributed by atoms with E-state index < -0.39 is 8.07 Å². The molecule has 0 rings (SSSR count). The van der Waals surface area contributed by atoms with Gasteiger partial charge in [-0.2, -0.15) is 0 Å². The summed E-state index contributed by atoms with van der Waals surface area (Å²) >= 11 is 11.3. The number of rotatable bonds is 3. The summed E-state index contributed by atoms with van der Waals surface area (Å²) in [5.74, 6) is 1.23. The molecule has 0 saturated carbocycles. The molecule has 0 aromatic carbocycles. The molecule has 10 heavy (non-hydrogen) atoms. The highest BCUT2D eigenvalue weighted by Crippen LogP contribution is 2.15. The zero-order chi connectivity index (χ0) is 8.20. The van der Waals surface area contributed by atoms with E-state index in [1.807, 2.05) is 6.08 Å². The van der Waals surface area contributed by atoms with E-state index in [1.165, 1.54) is 5.20 Å². The van der Waals surface area contributed by atoms with Gasteiger partial charge in [0.05, 0.1) is 8.07 Å². The molecule has 0 radical (unpaired) electrons. The lowest BCUT2D eigenvalue weighted by Crippen LogP contribution is -2.25. The molecule has 0 aliphatic rings. The maximum absolute atomic E-state index is 5.74. The predicted molar refractivity (Wildman–Crippen MR) is 52.9 cm³/mol. The molecule has 3 heteroatoms. The summed E-state index contributed by atoms with van der Waals surface area (Å²) in [5, 5.41) is 1.35. The van der Waals surface area contributed by atoms with E-state index in [4.69, 9.17) is 23.2 Å². The summed E-state index contributed by atoms with van der Waals surface area (Å²) in [4.78, 5) is 0. The van der Waals surface area contributed by atoms with Crippen LogP contribution in [0.4, 0.5) is 0 Å². The predicted octanol–water partition coefficient (Wildman–Crippen LogP) is 3.27. The van der Waals surface area contributed by atoms with Crippen LogP contribution in [-0.2, 0) is 0 Å². The first-order valence-electron chi connectivity index (χ1n) is 3.33. The zero-order valence-electron chi connectivity index (χ0n) is 6.75. The van der Waals surface area contributed by atoms with Crippen LogP contribution in [0.15, 0.2) is 11.3 Å². The van der Waals surface area contributed by atoms with Crippen LogP contribution in [-0.4, -0.2) is 19.8 Å². The smallest absolute Gasteiger partial charge is 0.0736 e. The van der Waals surface area contributed by atoms with Crippen molar-refractivity contribution in [3.63, 3.8) is 0 Å². The fourth-order valence-electron chi connectivity index (χ4n) is 0.654. The molecule has 0 unspecified atom stereocenters. The Balaban J connectivity index is 4.21. The van der Waals surface area contributed by atoms with Gasteiger partial charge in [0.2, 0.25) is 0 Å². The molecule has 0 aromatic heterocycles. The van der Waals surface area contributed by atoms with E-state index in [-0.39, 0.29) is 0 Å². The van der Waals surface area contributed by atoms with E-state index in [1.54, 1.807) is 0 Å². The number of hydrogen-bond donors (Lipinski definition) is 0. The Kier molecular flexibility index (Phi) is 4.66. The SMILES string of the molecule is C[Si](C)(C)/C(=C/CCl)CCl. The van der Waals surface area contributed by atoms with Gasteiger partial charge in [0.1, 0.15) is 0 Å². The minimum Gasteiger partial charge on any atom is -0.122 e. The molecule has 0 aliphatic heterocycles. The first-order valence-corrected chi connectivity index (χ1v) is 7.90. The minimum absolute atomic E-state index is 0.590. The highest BCUT2D eigenvalue weighted by Gasteiger charge is 2.17. The quantitative estimate of drug-likeness (QED) is 0.481. The molecule has 0 N–H and O–H groups in total. The maximum Gasteiger partial charge on any atom is 0.0736 e. The van der Waals surface area contributed by atoms with Gasteiger partial charge in [0, 0.05) is 11.8 Å². The van der Waals surface area contributed by atoms with Gasteiger partial charge in [-0.25, -0.2) is 0 Å². The van der Waals surface area contributed by atoms with E-state index in [0.717, 1.165) is 0 Å². The molecule has 0 spiro atoms. The standard InChI is InChI=1S/C7H14Cl2Si/c1-10(2,3)7(6-9)4-5-8/h4H,5-6H2,1-3H3/b7-4+. The molecule has 0 fully saturated rings. The van der Waals surface area contributed by atoms with Crippen molar-refractivity contribution in [1.29, 1.82) is 0 Å². The Hall–Kier alpha value is 0.537. The summed E-state index contributed by atoms with van der Waals surface area (Å²) in [7, 11) is -1.16. The van der Waals surface area contributed by atoms with Crippen molar-refractivity contribution >= 4 is 31.3 Å². The normalized spacial score (nSPS) is 13.9. The van der Waals surface area contributed by atoms with Gasteiger partial charge in [-0.1, -0.05) is 30.9 Å². The summed E-state index contributed by atoms with van der Waals surface area (Å²) in [6.45, 7) is 6.81. The first kappa shape index (κ1) is 10.5. The molecule has 0 nitrogen and oxygen atoms in total. The average molecular weight is 197 g/mol. The van der Waals surface area contributed by atoms with Crippen LogP contribution in [0.2, 0.25) is 19.6 Å². The second kappa shape index (κ2) is 4.42. The minimum atomic E-state index is -1.16. The number of hydrogen-bond acceptors (Lipinski definition) is 0. The maximum atomic E-state index is 5.74. The van der Waals surface area contributed by atoms with Crippen LogP contribution in [0.3, 0.4) is 0 Å². The molecule has 0 bridgehead atoms. The Morgan fingerprint density at radius 1 is 1.30 bits per heavy atom. The first-order chi connectivity index (χ1) is 4.52. The van der Waals surface area contributed by atoms with Crippen molar-refractivity contribution in [2.45, 2.75) is 19.6 Å². The van der Waals surface area contributed by atoms with Crippen LogP contribution in [0.5, 0.6) is 0 Å². The summed E-state index contributed by atoms with van der Waals surface area (Å²) in [6.07, 6.45) is 2.04. The zero-order valence-corrected chi connectivity index (χ0v) is 9.26. The molecule has 0 atom stereocenters. The number of alkyl halides is 2. The van der Waals surface area contributed by atoms with Crippen LogP contribution in [0.25, 0.3) is 0 Å². The van der Waals surface area contributed by atoms with Crippen molar-refractivity contribution in [3.05, 3.63) is 11.3 Å². The Morgan fingerprint density at radius 2 is 1.80 bits per heavy atom. The summed E-state index contributed by atoms with van der Waals surface area (Å²) in [6, 6.07) is 0. The number of allylic oxidation sites excluding steroid dienone is 2. The van der Waals surface area contributed by atoms with Crippen molar-refractivity contribution < 1.29 is 0 Å². The number of halogens is 2. The molecular formula is C7H14Cl2Si. The van der Waals surface area contributed by atoms with Gasteiger partial charge in [0.15, 0.2) is 0 Å². The average Bonchev–Trinajstić information content (AvgIpc) is 1.80. The van der Waals surface area contributed by atoms with Crippen LogP contribution in [0, 0.1) is 0 Å². The van der Waals surface area contributed by atoms with E-state index in [2.05, 4.69) is 19.6 Å². The van der Waals surface area contributed by atoms with Gasteiger partial charge >= 0.3 is 0 Å². The molecular weight excluding hydrogens is 183 g/mol. The lowest BCUT2D eigenvalue weighted by atomic mass is 10.6. The van der Waals surface area contributed by atoms with E-state index in [9.17, 15) is 0 Å². The lowest BCUT2D eigenvalue weighted by molar-refractivity contribution is 1.50. The molecule has 0 heterocycles. The second-order valence-electron chi connectivity index (χ2n) is 3.27. The van der Waals surface area contributed by atoms with Crippen LogP contribution >= 0.6 is 23.2 Å². The third-order valence-electron chi connectivity index (χ3n) is 1.43. The third kappa shape index (κ3) is 3.64. The Bertz CT molecular complexity index is 124. The summed E-state index contributed by atoms with van der Waals surface area (Å²) in [5.41, 5.74) is 0. The molecule has 0 amide bonds. The topological polar surface area (TPSA) is 0 Å². The van der Waals surface area contributed by atoms with Gasteiger partial charge < -0.3 is 0 Å². The summed E-state index contributed by atoms with van der Waals surface area (Å²) < 4.78 is 0. The van der Waals surface area contributed by atoms with Gasteiger partial charge in [-0.3, -0.25) is 0 Å². The van der Waals surface area contributed by atoms with Crippen LogP contribution < -0.4 is 0 Å². The fourth-order valence-corrected chi connectivity index (χ4v) is 3.40. The van der Waals surface area contributed by atoms with E-state index in [0.29, 0.717) is 11.8 Å². The molecule has 0 aliphatic carbocycles. The largest absolute Gasteiger partial charge is 0.122 e. The molecule has 0 aromatic rings. The van der Waals surface area contributed by atoms with Gasteiger partial charge in [-0.05, 0) is 0 Å². The Labute approximate surface area is 74.2 Å². The van der Waals surface area contributed by atoms with Gasteiger partial charge in [0.25, 0.3) is 0 Å².